The fourth-order valence-electron chi connectivity index (χ4n) is 5.94. The molecule has 0 bridgehead atoms. The standard InChI is InChI=1S/C30H32FN7O/c31-21-15-20(16-22(17-21)39-14-13-38-11-1-2-12-38)28-23-18-27(34-25(23)7-10-33-28)30-29-26(36-37-30)4-3-24(35-29)19-5-8-32-9-6-19/h3-4,7,10,15-19,32,34H,1-2,5-6,8-9,11-14H2,(H,36,37). The highest BCUT2D eigenvalue weighted by molar-refractivity contribution is 5.99. The van der Waals surface area contributed by atoms with Crippen LogP contribution in [0.4, 0.5) is 4.39 Å². The fourth-order valence-corrected chi connectivity index (χ4v) is 5.94. The molecule has 8 nitrogen and oxygen atoms in total. The second kappa shape index (κ2) is 10.4. The second-order valence-corrected chi connectivity index (χ2v) is 10.6. The second-order valence-electron chi connectivity index (χ2n) is 10.6. The minimum atomic E-state index is -0.342. The van der Waals surface area contributed by atoms with E-state index in [1.165, 1.54) is 25.0 Å². The van der Waals surface area contributed by atoms with Crippen molar-refractivity contribution in [2.45, 2.75) is 31.6 Å². The summed E-state index contributed by atoms with van der Waals surface area (Å²) in [4.78, 5) is 15.5. The summed E-state index contributed by atoms with van der Waals surface area (Å²) in [5.41, 5.74) is 6.77. The van der Waals surface area contributed by atoms with Gasteiger partial charge in [0.2, 0.25) is 0 Å². The molecule has 39 heavy (non-hydrogen) atoms. The van der Waals surface area contributed by atoms with Gasteiger partial charge in [0.15, 0.2) is 0 Å². The van der Waals surface area contributed by atoms with Crippen molar-refractivity contribution < 1.29 is 9.13 Å². The predicted molar refractivity (Wildman–Crippen MR) is 150 cm³/mol. The highest BCUT2D eigenvalue weighted by atomic mass is 19.1. The topological polar surface area (TPSA) is 94.8 Å². The van der Waals surface area contributed by atoms with Crippen LogP contribution >= 0.6 is 0 Å². The van der Waals surface area contributed by atoms with Crippen molar-refractivity contribution in [3.63, 3.8) is 0 Å². The highest BCUT2D eigenvalue weighted by Gasteiger charge is 2.20. The third-order valence-corrected chi connectivity index (χ3v) is 8.01. The molecule has 0 unspecified atom stereocenters. The summed E-state index contributed by atoms with van der Waals surface area (Å²) in [5, 5.41) is 12.1. The number of ether oxygens (including phenoxy) is 1. The number of fused-ring (bicyclic) bond motifs is 2. The maximum atomic E-state index is 14.7. The van der Waals surface area contributed by atoms with Gasteiger partial charge in [-0.25, -0.2) is 9.37 Å². The Hall–Kier alpha value is -3.82. The minimum absolute atomic E-state index is 0.342. The Bertz CT molecular complexity index is 1610. The molecular weight excluding hydrogens is 493 g/mol. The Morgan fingerprint density at radius 3 is 2.72 bits per heavy atom. The smallest absolute Gasteiger partial charge is 0.135 e. The average molecular weight is 526 g/mol. The lowest BCUT2D eigenvalue weighted by atomic mass is 9.94. The van der Waals surface area contributed by atoms with Gasteiger partial charge in [-0.3, -0.25) is 15.0 Å². The van der Waals surface area contributed by atoms with Crippen molar-refractivity contribution in [3.05, 3.63) is 60.2 Å². The van der Waals surface area contributed by atoms with E-state index in [1.807, 2.05) is 18.2 Å². The normalized spacial score (nSPS) is 16.9. The summed E-state index contributed by atoms with van der Waals surface area (Å²) in [7, 11) is 0. The lowest BCUT2D eigenvalue weighted by molar-refractivity contribution is 0.237. The van der Waals surface area contributed by atoms with E-state index in [4.69, 9.17) is 9.72 Å². The monoisotopic (exact) mass is 525 g/mol. The first kappa shape index (κ1) is 24.2. The van der Waals surface area contributed by atoms with Gasteiger partial charge in [-0.2, -0.15) is 5.10 Å². The lowest BCUT2D eigenvalue weighted by Gasteiger charge is -2.22. The predicted octanol–water partition coefficient (Wildman–Crippen LogP) is 5.25. The zero-order chi connectivity index (χ0) is 26.2. The molecule has 2 saturated heterocycles. The van der Waals surface area contributed by atoms with Crippen LogP contribution in [0, 0.1) is 5.82 Å². The van der Waals surface area contributed by atoms with Crippen LogP contribution in [0.5, 0.6) is 5.75 Å². The van der Waals surface area contributed by atoms with Gasteiger partial charge < -0.3 is 15.0 Å². The Morgan fingerprint density at radius 1 is 0.974 bits per heavy atom. The number of hydrogen-bond donors (Lipinski definition) is 3. The number of nitrogens with one attached hydrogen (secondary N) is 3. The molecule has 5 aromatic rings. The van der Waals surface area contributed by atoms with Crippen molar-refractivity contribution in [3.8, 4) is 28.4 Å². The van der Waals surface area contributed by atoms with E-state index >= 15 is 0 Å². The van der Waals surface area contributed by atoms with Crippen LogP contribution in [-0.4, -0.2) is 69.4 Å². The molecule has 6 heterocycles. The zero-order valence-corrected chi connectivity index (χ0v) is 21.8. The summed E-state index contributed by atoms with van der Waals surface area (Å²) < 4.78 is 20.6. The molecule has 0 aliphatic carbocycles. The number of aromatic nitrogens is 5. The molecule has 1 aromatic carbocycles. The van der Waals surface area contributed by atoms with E-state index < -0.39 is 0 Å². The molecular formula is C30H32FN7O. The molecule has 0 radical (unpaired) electrons. The average Bonchev–Trinajstić information content (AvgIpc) is 3.72. The van der Waals surface area contributed by atoms with Gasteiger partial charge >= 0.3 is 0 Å². The van der Waals surface area contributed by atoms with Gasteiger partial charge in [-0.1, -0.05) is 0 Å². The molecule has 2 aliphatic heterocycles. The van der Waals surface area contributed by atoms with Crippen molar-refractivity contribution >= 4 is 21.9 Å². The van der Waals surface area contributed by atoms with Crippen LogP contribution in [0.1, 0.15) is 37.3 Å². The van der Waals surface area contributed by atoms with E-state index in [-0.39, 0.29) is 5.82 Å². The molecule has 9 heteroatoms. The van der Waals surface area contributed by atoms with Gasteiger partial charge in [-0.05, 0) is 88.3 Å². The third-order valence-electron chi connectivity index (χ3n) is 8.01. The molecule has 0 atom stereocenters. The Labute approximate surface area is 226 Å². The Morgan fingerprint density at radius 2 is 1.85 bits per heavy atom. The molecule has 3 N–H and O–H groups in total. The molecule has 2 aliphatic rings. The van der Waals surface area contributed by atoms with Crippen LogP contribution < -0.4 is 10.1 Å². The molecule has 7 rings (SSSR count). The minimum Gasteiger partial charge on any atom is -0.492 e. The Balaban J connectivity index is 1.20. The molecule has 0 spiro atoms. The number of aromatic amines is 2. The van der Waals surface area contributed by atoms with Crippen molar-refractivity contribution in [1.82, 2.24) is 35.4 Å². The number of hydrogen-bond acceptors (Lipinski definition) is 6. The van der Waals surface area contributed by atoms with Crippen LogP contribution in [0.25, 0.3) is 44.6 Å². The number of rotatable bonds is 7. The summed E-state index contributed by atoms with van der Waals surface area (Å²) in [6.07, 6.45) is 6.40. The lowest BCUT2D eigenvalue weighted by Crippen LogP contribution is -2.27. The van der Waals surface area contributed by atoms with Gasteiger partial charge in [0, 0.05) is 46.9 Å². The maximum absolute atomic E-state index is 14.7. The summed E-state index contributed by atoms with van der Waals surface area (Å²) in [5.74, 6) is 0.634. The van der Waals surface area contributed by atoms with E-state index in [2.05, 4.69) is 42.5 Å². The summed E-state index contributed by atoms with van der Waals surface area (Å²) >= 11 is 0. The number of likely N-dealkylation sites (tertiary alicyclic amines) is 1. The first-order chi connectivity index (χ1) is 19.2. The zero-order valence-electron chi connectivity index (χ0n) is 21.8. The maximum Gasteiger partial charge on any atom is 0.135 e. The van der Waals surface area contributed by atoms with E-state index in [9.17, 15) is 4.39 Å². The quantitative estimate of drug-likeness (QED) is 0.269. The van der Waals surface area contributed by atoms with Crippen LogP contribution in [0.3, 0.4) is 0 Å². The highest BCUT2D eigenvalue weighted by Crippen LogP contribution is 2.35. The number of H-pyrrole nitrogens is 2. The van der Waals surface area contributed by atoms with Crippen molar-refractivity contribution in [2.24, 2.45) is 0 Å². The van der Waals surface area contributed by atoms with Crippen molar-refractivity contribution in [2.75, 3.05) is 39.3 Å². The van der Waals surface area contributed by atoms with Crippen LogP contribution in [0.15, 0.2) is 48.7 Å². The van der Waals surface area contributed by atoms with E-state index in [1.54, 1.807) is 6.20 Å². The van der Waals surface area contributed by atoms with E-state index in [0.717, 1.165) is 84.6 Å². The third kappa shape index (κ3) is 4.88. The van der Waals surface area contributed by atoms with Gasteiger partial charge in [-0.15, -0.1) is 0 Å². The SMILES string of the molecule is Fc1cc(OCCN2CCCC2)cc(-c2nccc3[nH]c(-c4n[nH]c5ccc(C6CCNCC6)nc45)cc23)c1. The van der Waals surface area contributed by atoms with Gasteiger partial charge in [0.05, 0.1) is 16.9 Å². The van der Waals surface area contributed by atoms with E-state index in [0.29, 0.717) is 29.5 Å². The molecule has 0 amide bonds. The number of halogens is 1. The molecule has 200 valence electrons. The summed E-state index contributed by atoms with van der Waals surface area (Å²) in [6.45, 7) is 5.65. The van der Waals surface area contributed by atoms with Gasteiger partial charge in [0.1, 0.15) is 29.4 Å². The molecule has 0 saturated carbocycles. The molecule has 2 fully saturated rings. The Kier molecular flexibility index (Phi) is 6.46. The first-order valence-corrected chi connectivity index (χ1v) is 13.9. The van der Waals surface area contributed by atoms with Crippen LogP contribution in [-0.2, 0) is 0 Å². The van der Waals surface area contributed by atoms with Gasteiger partial charge in [0.25, 0.3) is 0 Å². The largest absolute Gasteiger partial charge is 0.492 e. The fraction of sp³-hybridized carbons (Fsp3) is 0.367. The van der Waals surface area contributed by atoms with Crippen LogP contribution in [0.2, 0.25) is 0 Å². The number of benzene rings is 1. The molecule has 4 aromatic heterocycles. The van der Waals surface area contributed by atoms with Crippen molar-refractivity contribution in [1.29, 1.82) is 0 Å². The summed E-state index contributed by atoms with van der Waals surface area (Å²) in [6, 6.07) is 13.0. The first-order valence-electron chi connectivity index (χ1n) is 13.9. The number of nitrogens with zero attached hydrogens (tertiary/aromatic N) is 4. The number of pyridine rings is 2. The number of piperidine rings is 1.